The second-order valence-corrected chi connectivity index (χ2v) is 6.73. The molecule has 1 aromatic carbocycles. The first-order valence-corrected chi connectivity index (χ1v) is 8.80. The molecule has 2 saturated heterocycles. The Balaban J connectivity index is 0.00000196. The molecule has 0 saturated carbocycles. The molecule has 0 bridgehead atoms. The highest BCUT2D eigenvalue weighted by Crippen LogP contribution is 2.34. The van der Waals surface area contributed by atoms with Gasteiger partial charge >= 0.3 is 0 Å². The van der Waals surface area contributed by atoms with Gasteiger partial charge in [0, 0.05) is 18.9 Å². The molecular formula is C18H23ClN4O3. The minimum absolute atomic E-state index is 0. The molecule has 1 unspecified atom stereocenters. The highest BCUT2D eigenvalue weighted by Gasteiger charge is 2.32. The third kappa shape index (κ3) is 3.41. The predicted molar refractivity (Wildman–Crippen MR) is 99.6 cm³/mol. The lowest BCUT2D eigenvalue weighted by molar-refractivity contribution is -0.134. The molecule has 26 heavy (non-hydrogen) atoms. The number of nitrogens with one attached hydrogen (secondary N) is 2. The molecule has 2 amide bonds. The molecule has 2 N–H and O–H groups in total. The monoisotopic (exact) mass is 378 g/mol. The molecule has 3 heterocycles. The Morgan fingerprint density at radius 1 is 1.19 bits per heavy atom. The first-order valence-electron chi connectivity index (χ1n) is 8.80. The number of aryl methyl sites for hydroxylation is 1. The van der Waals surface area contributed by atoms with Crippen LogP contribution in [0.5, 0.6) is 5.75 Å². The number of aromatic nitrogens is 2. The van der Waals surface area contributed by atoms with Crippen molar-refractivity contribution in [1.29, 1.82) is 0 Å². The molecule has 140 valence electrons. The van der Waals surface area contributed by atoms with E-state index in [4.69, 9.17) is 4.74 Å². The van der Waals surface area contributed by atoms with Crippen LogP contribution in [-0.2, 0) is 16.6 Å². The number of hydrogen-bond donors (Lipinski definition) is 2. The second kappa shape index (κ2) is 7.63. The van der Waals surface area contributed by atoms with E-state index in [9.17, 15) is 9.59 Å². The molecule has 2 aliphatic rings. The van der Waals surface area contributed by atoms with Gasteiger partial charge in [-0.3, -0.25) is 19.6 Å². The summed E-state index contributed by atoms with van der Waals surface area (Å²) >= 11 is 0. The van der Waals surface area contributed by atoms with E-state index in [1.54, 1.807) is 4.68 Å². The molecule has 1 aromatic heterocycles. The van der Waals surface area contributed by atoms with Crippen molar-refractivity contribution < 1.29 is 14.3 Å². The van der Waals surface area contributed by atoms with Crippen molar-refractivity contribution in [2.45, 2.75) is 37.7 Å². The lowest BCUT2D eigenvalue weighted by atomic mass is 9.93. The number of hydrogen-bond acceptors (Lipinski definition) is 5. The van der Waals surface area contributed by atoms with Crippen molar-refractivity contribution in [2.75, 3.05) is 13.1 Å². The molecule has 0 aliphatic carbocycles. The van der Waals surface area contributed by atoms with E-state index in [-0.39, 0.29) is 30.3 Å². The number of imide groups is 1. The molecular weight excluding hydrogens is 356 g/mol. The Morgan fingerprint density at radius 3 is 2.69 bits per heavy atom. The topological polar surface area (TPSA) is 85.2 Å². The van der Waals surface area contributed by atoms with Crippen LogP contribution in [0.2, 0.25) is 0 Å². The number of nitrogens with zero attached hydrogens (tertiary/aromatic N) is 2. The quantitative estimate of drug-likeness (QED) is 0.793. The van der Waals surface area contributed by atoms with Crippen LogP contribution in [0.4, 0.5) is 0 Å². The predicted octanol–water partition coefficient (Wildman–Crippen LogP) is 1.65. The fourth-order valence-electron chi connectivity index (χ4n) is 3.73. The van der Waals surface area contributed by atoms with Crippen LogP contribution in [0, 0.1) is 0 Å². The number of benzene rings is 1. The Labute approximate surface area is 157 Å². The summed E-state index contributed by atoms with van der Waals surface area (Å²) in [7, 11) is 1.87. The van der Waals surface area contributed by atoms with E-state index in [2.05, 4.69) is 15.7 Å². The summed E-state index contributed by atoms with van der Waals surface area (Å²) in [5.41, 5.74) is 1.62. The van der Waals surface area contributed by atoms with Crippen LogP contribution in [0.15, 0.2) is 18.2 Å². The lowest BCUT2D eigenvalue weighted by Gasteiger charge is -2.24. The summed E-state index contributed by atoms with van der Waals surface area (Å²) in [4.78, 5) is 23.7. The summed E-state index contributed by atoms with van der Waals surface area (Å²) in [6, 6.07) is 5.87. The summed E-state index contributed by atoms with van der Waals surface area (Å²) < 4.78 is 8.02. The Kier molecular flexibility index (Phi) is 5.48. The molecule has 1 atom stereocenters. The molecule has 0 spiro atoms. The van der Waals surface area contributed by atoms with Crippen molar-refractivity contribution in [2.24, 2.45) is 7.05 Å². The average Bonchev–Trinajstić information content (AvgIpc) is 2.94. The molecule has 2 aliphatic heterocycles. The minimum atomic E-state index is -0.393. The van der Waals surface area contributed by atoms with Crippen molar-refractivity contribution in [3.8, 4) is 5.75 Å². The van der Waals surface area contributed by atoms with E-state index in [0.29, 0.717) is 12.8 Å². The third-order valence-corrected chi connectivity index (χ3v) is 5.01. The van der Waals surface area contributed by atoms with Gasteiger partial charge in [-0.25, -0.2) is 0 Å². The molecule has 8 heteroatoms. The highest BCUT2D eigenvalue weighted by atomic mass is 35.5. The van der Waals surface area contributed by atoms with Gasteiger partial charge in [0.05, 0.1) is 11.6 Å². The van der Waals surface area contributed by atoms with Gasteiger partial charge in [-0.05, 0) is 38.4 Å². The van der Waals surface area contributed by atoms with Crippen LogP contribution in [0.25, 0.3) is 10.9 Å². The van der Waals surface area contributed by atoms with E-state index in [0.717, 1.165) is 48.3 Å². The van der Waals surface area contributed by atoms with Crippen LogP contribution in [0.3, 0.4) is 0 Å². The maximum atomic E-state index is 12.2. The number of ether oxygens (including phenoxy) is 1. The van der Waals surface area contributed by atoms with Gasteiger partial charge in [0.2, 0.25) is 11.8 Å². The van der Waals surface area contributed by atoms with E-state index in [1.807, 2.05) is 25.2 Å². The normalized spacial score (nSPS) is 21.3. The van der Waals surface area contributed by atoms with Gasteiger partial charge in [-0.2, -0.15) is 5.10 Å². The summed E-state index contributed by atoms with van der Waals surface area (Å²) in [5.74, 6) is -0.0641. The maximum absolute atomic E-state index is 12.2. The van der Waals surface area contributed by atoms with Crippen LogP contribution in [0.1, 0.15) is 37.3 Å². The first-order chi connectivity index (χ1) is 12.1. The zero-order valence-electron chi connectivity index (χ0n) is 14.7. The van der Waals surface area contributed by atoms with Gasteiger partial charge in [0.15, 0.2) is 0 Å². The zero-order chi connectivity index (χ0) is 17.4. The Morgan fingerprint density at radius 2 is 1.96 bits per heavy atom. The van der Waals surface area contributed by atoms with Crippen molar-refractivity contribution in [3.05, 3.63) is 23.9 Å². The molecule has 0 radical (unpaired) electrons. The van der Waals surface area contributed by atoms with Crippen LogP contribution < -0.4 is 15.4 Å². The van der Waals surface area contributed by atoms with E-state index in [1.165, 1.54) is 0 Å². The zero-order valence-corrected chi connectivity index (χ0v) is 15.5. The van der Waals surface area contributed by atoms with Gasteiger partial charge in [0.1, 0.15) is 17.4 Å². The van der Waals surface area contributed by atoms with Gasteiger partial charge in [-0.1, -0.05) is 12.1 Å². The number of fused-ring (bicyclic) bond motifs is 1. The Bertz CT molecular complexity index is 829. The number of carbonyl (C=O) groups is 2. The fourth-order valence-corrected chi connectivity index (χ4v) is 3.73. The van der Waals surface area contributed by atoms with Gasteiger partial charge in [-0.15, -0.1) is 12.4 Å². The molecule has 2 fully saturated rings. The molecule has 4 rings (SSSR count). The summed E-state index contributed by atoms with van der Waals surface area (Å²) in [6.07, 6.45) is 3.00. The number of halogens is 1. The largest absolute Gasteiger partial charge is 0.488 e. The SMILES string of the molecule is Cl.Cn1nc(C2CCC(=O)NC2=O)c2cccc(OC3CCNCC3)c21. The van der Waals surface area contributed by atoms with Crippen molar-refractivity contribution in [1.82, 2.24) is 20.4 Å². The average molecular weight is 379 g/mol. The minimum Gasteiger partial charge on any atom is -0.488 e. The Hall–Kier alpha value is -2.12. The number of rotatable bonds is 3. The summed E-state index contributed by atoms with van der Waals surface area (Å²) in [6.45, 7) is 1.93. The number of carbonyl (C=O) groups excluding carboxylic acids is 2. The maximum Gasteiger partial charge on any atom is 0.235 e. The van der Waals surface area contributed by atoms with Crippen molar-refractivity contribution in [3.63, 3.8) is 0 Å². The lowest BCUT2D eigenvalue weighted by Crippen LogP contribution is -2.39. The van der Waals surface area contributed by atoms with Gasteiger partial charge in [0.25, 0.3) is 0 Å². The third-order valence-electron chi connectivity index (χ3n) is 5.01. The van der Waals surface area contributed by atoms with Crippen LogP contribution >= 0.6 is 12.4 Å². The highest BCUT2D eigenvalue weighted by molar-refractivity contribution is 6.02. The van der Waals surface area contributed by atoms with E-state index < -0.39 is 5.92 Å². The van der Waals surface area contributed by atoms with Crippen molar-refractivity contribution >= 4 is 35.1 Å². The molecule has 7 nitrogen and oxygen atoms in total. The summed E-state index contributed by atoms with van der Waals surface area (Å²) in [5, 5.41) is 11.3. The smallest absolute Gasteiger partial charge is 0.235 e. The standard InChI is InChI=1S/C18H22N4O3.ClH/c1-22-17-12(16(21-22)13-5-6-15(23)20-18(13)24)3-2-4-14(17)25-11-7-9-19-10-8-11;/h2-4,11,13,19H,5-10H2,1H3,(H,20,23,24);1H. The van der Waals surface area contributed by atoms with Crippen LogP contribution in [-0.4, -0.2) is 40.8 Å². The number of amides is 2. The molecule has 2 aromatic rings. The fraction of sp³-hybridized carbons (Fsp3) is 0.500. The van der Waals surface area contributed by atoms with Gasteiger partial charge < -0.3 is 10.1 Å². The number of piperidine rings is 2. The number of para-hydroxylation sites is 1. The first kappa shape index (κ1) is 18.7. The van der Waals surface area contributed by atoms with E-state index >= 15 is 0 Å². The second-order valence-electron chi connectivity index (χ2n) is 6.73.